The third kappa shape index (κ3) is 4.00. The summed E-state index contributed by atoms with van der Waals surface area (Å²) in [5.41, 5.74) is 4.19. The van der Waals surface area contributed by atoms with Crippen molar-refractivity contribution in [3.05, 3.63) is 23.1 Å². The van der Waals surface area contributed by atoms with Crippen LogP contribution in [0.25, 0.3) is 11.3 Å². The topological polar surface area (TPSA) is 75.6 Å². The van der Waals surface area contributed by atoms with E-state index in [2.05, 4.69) is 27.5 Å². The van der Waals surface area contributed by atoms with Crippen molar-refractivity contribution in [1.29, 1.82) is 0 Å². The minimum atomic E-state index is -0.105. The average Bonchev–Trinajstić information content (AvgIpc) is 3.05. The highest BCUT2D eigenvalue weighted by atomic mass is 16.2. The van der Waals surface area contributed by atoms with Gasteiger partial charge in [0.25, 0.3) is 5.91 Å². The van der Waals surface area contributed by atoms with Crippen LogP contribution in [0, 0.1) is 13.8 Å². The van der Waals surface area contributed by atoms with Crippen molar-refractivity contribution in [1.82, 2.24) is 25.3 Å². The van der Waals surface area contributed by atoms with E-state index in [0.717, 1.165) is 35.5 Å². The van der Waals surface area contributed by atoms with Crippen LogP contribution in [0.4, 0.5) is 0 Å². The predicted molar refractivity (Wildman–Crippen MR) is 91.3 cm³/mol. The Balaban J connectivity index is 2.05. The molecule has 6 heteroatoms. The summed E-state index contributed by atoms with van der Waals surface area (Å²) in [5.74, 6) is -0.105. The fourth-order valence-electron chi connectivity index (χ4n) is 2.78. The van der Waals surface area contributed by atoms with E-state index in [1.54, 1.807) is 6.07 Å². The molecule has 0 saturated heterocycles. The highest BCUT2D eigenvalue weighted by Gasteiger charge is 2.17. The normalized spacial score (nSPS) is 12.4. The molecule has 0 aliphatic heterocycles. The maximum absolute atomic E-state index is 12.3. The second-order valence-corrected chi connectivity index (χ2v) is 6.21. The fraction of sp³-hybridized carbons (Fsp3) is 0.588. The lowest BCUT2D eigenvalue weighted by atomic mass is 10.1. The number of hydrogen-bond donors (Lipinski definition) is 2. The largest absolute Gasteiger partial charge is 0.348 e. The number of unbranched alkanes of at least 4 members (excludes halogenated alkanes) is 2. The first-order valence-corrected chi connectivity index (χ1v) is 8.30. The number of nitrogens with zero attached hydrogens (tertiary/aromatic N) is 3. The smallest absolute Gasteiger partial charge is 0.269 e. The zero-order valence-electron chi connectivity index (χ0n) is 14.7. The summed E-state index contributed by atoms with van der Waals surface area (Å²) in [5, 5.41) is 14.5. The van der Waals surface area contributed by atoms with Gasteiger partial charge in [-0.3, -0.25) is 14.6 Å². The number of aryl methyl sites for hydroxylation is 2. The van der Waals surface area contributed by atoms with Crippen molar-refractivity contribution in [2.45, 2.75) is 59.4 Å². The Morgan fingerprint density at radius 3 is 2.74 bits per heavy atom. The van der Waals surface area contributed by atoms with Crippen molar-refractivity contribution in [2.75, 3.05) is 0 Å². The first-order chi connectivity index (χ1) is 10.9. The lowest BCUT2D eigenvalue weighted by molar-refractivity contribution is 0.0933. The molecular weight excluding hydrogens is 290 g/mol. The lowest BCUT2D eigenvalue weighted by Crippen LogP contribution is -2.32. The molecule has 2 heterocycles. The Labute approximate surface area is 137 Å². The van der Waals surface area contributed by atoms with E-state index >= 15 is 0 Å². The molecule has 2 aromatic rings. The zero-order chi connectivity index (χ0) is 17.0. The van der Waals surface area contributed by atoms with Gasteiger partial charge >= 0.3 is 0 Å². The number of rotatable bonds is 7. The lowest BCUT2D eigenvalue weighted by Gasteiger charge is -2.12. The van der Waals surface area contributed by atoms with Crippen molar-refractivity contribution in [3.8, 4) is 11.3 Å². The minimum absolute atomic E-state index is 0.105. The molecule has 6 nitrogen and oxygen atoms in total. The van der Waals surface area contributed by atoms with E-state index in [0.29, 0.717) is 5.69 Å². The second-order valence-electron chi connectivity index (χ2n) is 6.21. The third-order valence-electron chi connectivity index (χ3n) is 4.21. The molecule has 0 bridgehead atoms. The summed E-state index contributed by atoms with van der Waals surface area (Å²) in [6.45, 7) is 8.17. The summed E-state index contributed by atoms with van der Waals surface area (Å²) in [7, 11) is 1.91. The predicted octanol–water partition coefficient (Wildman–Crippen LogP) is 3.13. The average molecular weight is 317 g/mol. The van der Waals surface area contributed by atoms with Crippen molar-refractivity contribution >= 4 is 5.91 Å². The molecule has 23 heavy (non-hydrogen) atoms. The van der Waals surface area contributed by atoms with Gasteiger partial charge in [0.05, 0.1) is 11.4 Å². The van der Waals surface area contributed by atoms with Gasteiger partial charge in [0, 0.05) is 24.3 Å². The van der Waals surface area contributed by atoms with E-state index in [9.17, 15) is 4.79 Å². The standard InChI is InChI=1S/C17H27N5O/c1-6-7-8-9-11(2)18-17(23)15-10-14(19-20-15)16-12(3)21-22(5)13(16)4/h10-11H,6-9H2,1-5H3,(H,18,23)(H,19,20). The number of aromatic nitrogens is 4. The molecule has 1 amide bonds. The third-order valence-corrected chi connectivity index (χ3v) is 4.21. The van der Waals surface area contributed by atoms with E-state index < -0.39 is 0 Å². The highest BCUT2D eigenvalue weighted by Crippen LogP contribution is 2.25. The molecular formula is C17H27N5O. The number of carbonyl (C=O) groups is 1. The Bertz CT molecular complexity index is 671. The van der Waals surface area contributed by atoms with Crippen molar-refractivity contribution in [3.63, 3.8) is 0 Å². The Morgan fingerprint density at radius 2 is 2.13 bits per heavy atom. The molecule has 2 rings (SSSR count). The summed E-state index contributed by atoms with van der Waals surface area (Å²) < 4.78 is 1.83. The molecule has 2 aromatic heterocycles. The van der Waals surface area contributed by atoms with Gasteiger partial charge in [0.15, 0.2) is 0 Å². The maximum atomic E-state index is 12.3. The summed E-state index contributed by atoms with van der Waals surface area (Å²) in [4.78, 5) is 12.3. The van der Waals surface area contributed by atoms with Crippen LogP contribution in [0.3, 0.4) is 0 Å². The second kappa shape index (κ2) is 7.44. The number of aromatic amines is 1. The Hall–Kier alpha value is -2.11. The Morgan fingerprint density at radius 1 is 1.39 bits per heavy atom. The molecule has 0 fully saturated rings. The molecule has 1 atom stereocenters. The van der Waals surface area contributed by atoms with Crippen LogP contribution >= 0.6 is 0 Å². The molecule has 0 radical (unpaired) electrons. The summed E-state index contributed by atoms with van der Waals surface area (Å²) in [6.07, 6.45) is 4.53. The zero-order valence-corrected chi connectivity index (χ0v) is 14.7. The van der Waals surface area contributed by atoms with Crippen LogP contribution in [-0.2, 0) is 7.05 Å². The van der Waals surface area contributed by atoms with Gasteiger partial charge in [0.1, 0.15) is 5.69 Å². The number of H-pyrrole nitrogens is 1. The summed E-state index contributed by atoms with van der Waals surface area (Å²) >= 11 is 0. The van der Waals surface area contributed by atoms with Gasteiger partial charge in [-0.1, -0.05) is 26.2 Å². The molecule has 0 aromatic carbocycles. The van der Waals surface area contributed by atoms with Gasteiger partial charge in [-0.2, -0.15) is 10.2 Å². The molecule has 1 unspecified atom stereocenters. The van der Waals surface area contributed by atoms with Gasteiger partial charge in [-0.25, -0.2) is 0 Å². The number of nitrogens with one attached hydrogen (secondary N) is 2. The number of carbonyl (C=O) groups excluding carboxylic acids is 1. The van der Waals surface area contributed by atoms with Gasteiger partial charge < -0.3 is 5.32 Å². The first-order valence-electron chi connectivity index (χ1n) is 8.30. The molecule has 0 spiro atoms. The van der Waals surface area contributed by atoms with Gasteiger partial charge in [-0.15, -0.1) is 0 Å². The van der Waals surface area contributed by atoms with E-state index in [4.69, 9.17) is 0 Å². The van der Waals surface area contributed by atoms with E-state index in [-0.39, 0.29) is 11.9 Å². The highest BCUT2D eigenvalue weighted by molar-refractivity contribution is 5.93. The SMILES string of the molecule is CCCCCC(C)NC(=O)c1cc(-c2c(C)nn(C)c2C)n[nH]1. The molecule has 126 valence electrons. The van der Waals surface area contributed by atoms with E-state index in [1.807, 2.05) is 32.5 Å². The van der Waals surface area contributed by atoms with Crippen LogP contribution in [0.5, 0.6) is 0 Å². The van der Waals surface area contributed by atoms with Crippen LogP contribution in [-0.4, -0.2) is 31.9 Å². The molecule has 0 aliphatic carbocycles. The maximum Gasteiger partial charge on any atom is 0.269 e. The Kier molecular flexibility index (Phi) is 5.58. The number of hydrogen-bond acceptors (Lipinski definition) is 3. The fourth-order valence-corrected chi connectivity index (χ4v) is 2.78. The van der Waals surface area contributed by atoms with Crippen molar-refractivity contribution < 1.29 is 4.79 Å². The molecule has 0 saturated carbocycles. The van der Waals surface area contributed by atoms with Crippen LogP contribution in [0.15, 0.2) is 6.07 Å². The van der Waals surface area contributed by atoms with Crippen molar-refractivity contribution in [2.24, 2.45) is 7.05 Å². The monoisotopic (exact) mass is 317 g/mol. The molecule has 2 N–H and O–H groups in total. The van der Waals surface area contributed by atoms with Crippen LogP contribution in [0.2, 0.25) is 0 Å². The van der Waals surface area contributed by atoms with Crippen LogP contribution < -0.4 is 5.32 Å². The van der Waals surface area contributed by atoms with Gasteiger partial charge in [0.2, 0.25) is 0 Å². The van der Waals surface area contributed by atoms with Gasteiger partial charge in [-0.05, 0) is 33.3 Å². The molecule has 0 aliphatic rings. The van der Waals surface area contributed by atoms with Crippen LogP contribution in [0.1, 0.15) is 61.4 Å². The number of amides is 1. The first kappa shape index (κ1) is 17.2. The quantitative estimate of drug-likeness (QED) is 0.770. The van der Waals surface area contributed by atoms with E-state index in [1.165, 1.54) is 12.8 Å². The minimum Gasteiger partial charge on any atom is -0.348 e. The summed E-state index contributed by atoms with van der Waals surface area (Å²) in [6, 6.07) is 1.97.